The SMILES string of the molecule is N#CC(C#N)=CNc1ccc(C#N)cc1Br. The Kier molecular flexibility index (Phi) is 4.09. The number of nitriles is 3. The van der Waals surface area contributed by atoms with Crippen LogP contribution in [0.5, 0.6) is 0 Å². The van der Waals surface area contributed by atoms with Crippen LogP contribution in [0.4, 0.5) is 5.69 Å². The predicted molar refractivity (Wildman–Crippen MR) is 61.8 cm³/mol. The third kappa shape index (κ3) is 2.85. The molecule has 5 heteroatoms. The van der Waals surface area contributed by atoms with Gasteiger partial charge in [-0.2, -0.15) is 15.8 Å². The van der Waals surface area contributed by atoms with Crippen LogP contribution < -0.4 is 5.32 Å². The molecule has 0 aliphatic heterocycles. The average Bonchev–Trinajstić information content (AvgIpc) is 2.32. The molecule has 0 aliphatic carbocycles. The van der Waals surface area contributed by atoms with E-state index in [0.717, 1.165) is 0 Å². The van der Waals surface area contributed by atoms with E-state index in [2.05, 4.69) is 21.2 Å². The lowest BCUT2D eigenvalue weighted by Gasteiger charge is -2.03. The van der Waals surface area contributed by atoms with E-state index in [-0.39, 0.29) is 5.57 Å². The fourth-order valence-electron chi connectivity index (χ4n) is 0.941. The minimum absolute atomic E-state index is 0.0174. The molecular weight excluding hydrogens is 268 g/mol. The van der Waals surface area contributed by atoms with Gasteiger partial charge < -0.3 is 5.32 Å². The normalized spacial score (nSPS) is 8.12. The maximum atomic E-state index is 8.66. The van der Waals surface area contributed by atoms with Crippen molar-refractivity contribution in [1.29, 1.82) is 15.8 Å². The summed E-state index contributed by atoms with van der Waals surface area (Å²) in [5, 5.41) is 28.5. The Bertz CT molecular complexity index is 539. The summed E-state index contributed by atoms with van der Waals surface area (Å²) in [6.07, 6.45) is 1.31. The van der Waals surface area contributed by atoms with Crippen molar-refractivity contribution in [2.24, 2.45) is 0 Å². The molecule has 0 amide bonds. The monoisotopic (exact) mass is 272 g/mol. The van der Waals surface area contributed by atoms with Gasteiger partial charge in [0.15, 0.2) is 0 Å². The Morgan fingerprint density at radius 2 is 1.94 bits per heavy atom. The Balaban J connectivity index is 2.94. The number of allylic oxidation sites excluding steroid dienone is 1. The first-order valence-electron chi connectivity index (χ1n) is 4.18. The number of hydrogen-bond donors (Lipinski definition) is 1. The zero-order valence-electron chi connectivity index (χ0n) is 8.03. The Labute approximate surface area is 101 Å². The smallest absolute Gasteiger partial charge is 0.145 e. The lowest BCUT2D eigenvalue weighted by Crippen LogP contribution is -1.91. The second-order valence-electron chi connectivity index (χ2n) is 2.73. The van der Waals surface area contributed by atoms with Gasteiger partial charge in [-0.15, -0.1) is 0 Å². The fourth-order valence-corrected chi connectivity index (χ4v) is 1.43. The van der Waals surface area contributed by atoms with E-state index < -0.39 is 0 Å². The summed E-state index contributed by atoms with van der Waals surface area (Å²) >= 11 is 3.27. The molecule has 1 N–H and O–H groups in total. The van der Waals surface area contributed by atoms with Crippen LogP contribution in [0.2, 0.25) is 0 Å². The van der Waals surface area contributed by atoms with E-state index in [1.807, 2.05) is 6.07 Å². The van der Waals surface area contributed by atoms with E-state index >= 15 is 0 Å². The molecule has 76 valence electrons. The molecule has 1 aromatic rings. The van der Waals surface area contributed by atoms with Gasteiger partial charge in [0, 0.05) is 10.7 Å². The summed E-state index contributed by atoms with van der Waals surface area (Å²) in [6.45, 7) is 0. The van der Waals surface area contributed by atoms with Crippen LogP contribution in [0.25, 0.3) is 0 Å². The first-order valence-corrected chi connectivity index (χ1v) is 4.97. The number of rotatable bonds is 2. The van der Waals surface area contributed by atoms with E-state index in [1.165, 1.54) is 6.20 Å². The van der Waals surface area contributed by atoms with Crippen LogP contribution in [-0.4, -0.2) is 0 Å². The van der Waals surface area contributed by atoms with Crippen molar-refractivity contribution >= 4 is 21.6 Å². The van der Waals surface area contributed by atoms with Crippen LogP contribution in [0.15, 0.2) is 34.4 Å². The van der Waals surface area contributed by atoms with Crippen LogP contribution in [0.1, 0.15) is 5.56 Å². The number of hydrogen-bond acceptors (Lipinski definition) is 4. The van der Waals surface area contributed by atoms with Crippen molar-refractivity contribution in [1.82, 2.24) is 0 Å². The number of nitrogens with one attached hydrogen (secondary N) is 1. The second-order valence-corrected chi connectivity index (χ2v) is 3.59. The van der Waals surface area contributed by atoms with E-state index in [0.29, 0.717) is 15.7 Å². The molecule has 0 aromatic heterocycles. The molecule has 0 saturated heterocycles. The number of halogens is 1. The highest BCUT2D eigenvalue weighted by atomic mass is 79.9. The van der Waals surface area contributed by atoms with Crippen molar-refractivity contribution in [2.45, 2.75) is 0 Å². The molecule has 0 fully saturated rings. The number of benzene rings is 1. The van der Waals surface area contributed by atoms with E-state index in [1.54, 1.807) is 30.3 Å². The molecule has 0 radical (unpaired) electrons. The number of anilines is 1. The van der Waals surface area contributed by atoms with Crippen LogP contribution >= 0.6 is 15.9 Å². The molecule has 4 nitrogen and oxygen atoms in total. The quantitative estimate of drug-likeness (QED) is 0.839. The van der Waals surface area contributed by atoms with Crippen molar-refractivity contribution < 1.29 is 0 Å². The Hall–Kier alpha value is -2.29. The van der Waals surface area contributed by atoms with Crippen molar-refractivity contribution in [3.8, 4) is 18.2 Å². The first-order chi connectivity index (χ1) is 7.71. The molecule has 1 aromatic carbocycles. The lowest BCUT2D eigenvalue weighted by atomic mass is 10.2. The summed E-state index contributed by atoms with van der Waals surface area (Å²) in [5.74, 6) is 0. The highest BCUT2D eigenvalue weighted by Crippen LogP contribution is 2.23. The maximum Gasteiger partial charge on any atom is 0.145 e. The van der Waals surface area contributed by atoms with Crippen LogP contribution in [0, 0.1) is 34.0 Å². The molecule has 0 atom stereocenters. The van der Waals surface area contributed by atoms with Gasteiger partial charge in [0.1, 0.15) is 17.7 Å². The minimum atomic E-state index is -0.0174. The lowest BCUT2D eigenvalue weighted by molar-refractivity contribution is 1.43. The van der Waals surface area contributed by atoms with Gasteiger partial charge in [-0.25, -0.2) is 0 Å². The molecule has 0 spiro atoms. The van der Waals surface area contributed by atoms with Gasteiger partial charge in [0.2, 0.25) is 0 Å². The minimum Gasteiger partial charge on any atom is -0.359 e. The van der Waals surface area contributed by atoms with Gasteiger partial charge in [-0.05, 0) is 34.1 Å². The standard InChI is InChI=1S/C11H5BrN4/c12-10-3-8(4-13)1-2-11(10)16-7-9(5-14)6-15/h1-3,7,16H. The van der Waals surface area contributed by atoms with Crippen LogP contribution in [0.3, 0.4) is 0 Å². The van der Waals surface area contributed by atoms with Gasteiger partial charge in [0.05, 0.1) is 17.3 Å². The highest BCUT2D eigenvalue weighted by Gasteiger charge is 2.00. The topological polar surface area (TPSA) is 83.4 Å². The Morgan fingerprint density at radius 1 is 1.25 bits per heavy atom. The number of nitrogens with zero attached hydrogens (tertiary/aromatic N) is 3. The second kappa shape index (κ2) is 5.56. The molecular formula is C11H5BrN4. The zero-order chi connectivity index (χ0) is 12.0. The molecule has 0 aliphatic rings. The first kappa shape index (κ1) is 11.8. The molecule has 0 unspecified atom stereocenters. The summed E-state index contributed by atoms with van der Waals surface area (Å²) < 4.78 is 0.693. The van der Waals surface area contributed by atoms with Gasteiger partial charge in [-0.3, -0.25) is 0 Å². The maximum absolute atomic E-state index is 8.66. The van der Waals surface area contributed by atoms with E-state index in [4.69, 9.17) is 15.8 Å². The molecule has 1 rings (SSSR count). The van der Waals surface area contributed by atoms with Crippen molar-refractivity contribution in [2.75, 3.05) is 5.32 Å². The summed E-state index contributed by atoms with van der Waals surface area (Å²) in [5.41, 5.74) is 1.19. The van der Waals surface area contributed by atoms with Gasteiger partial charge in [0.25, 0.3) is 0 Å². The summed E-state index contributed by atoms with van der Waals surface area (Å²) in [4.78, 5) is 0. The highest BCUT2D eigenvalue weighted by molar-refractivity contribution is 9.10. The fraction of sp³-hybridized carbons (Fsp3) is 0. The summed E-state index contributed by atoms with van der Waals surface area (Å²) in [6, 6.07) is 10.4. The van der Waals surface area contributed by atoms with Crippen molar-refractivity contribution in [3.63, 3.8) is 0 Å². The van der Waals surface area contributed by atoms with Crippen LogP contribution in [-0.2, 0) is 0 Å². The molecule has 0 heterocycles. The van der Waals surface area contributed by atoms with Gasteiger partial charge >= 0.3 is 0 Å². The Morgan fingerprint density at radius 3 is 2.44 bits per heavy atom. The van der Waals surface area contributed by atoms with Crippen molar-refractivity contribution in [3.05, 3.63) is 40.0 Å². The third-order valence-corrected chi connectivity index (χ3v) is 2.37. The predicted octanol–water partition coefficient (Wildman–Crippen LogP) is 2.66. The molecule has 0 saturated carbocycles. The summed E-state index contributed by atoms with van der Waals surface area (Å²) in [7, 11) is 0. The third-order valence-electron chi connectivity index (χ3n) is 1.71. The molecule has 16 heavy (non-hydrogen) atoms. The van der Waals surface area contributed by atoms with Gasteiger partial charge in [-0.1, -0.05) is 0 Å². The zero-order valence-corrected chi connectivity index (χ0v) is 9.62. The van der Waals surface area contributed by atoms with E-state index in [9.17, 15) is 0 Å². The average molecular weight is 273 g/mol. The largest absolute Gasteiger partial charge is 0.359 e. The molecule has 0 bridgehead atoms.